The quantitative estimate of drug-likeness (QED) is 0.770. The predicted molar refractivity (Wildman–Crippen MR) is 98.4 cm³/mol. The first-order valence-electron chi connectivity index (χ1n) is 8.24. The van der Waals surface area contributed by atoms with Crippen LogP contribution in [0.5, 0.6) is 0 Å². The van der Waals surface area contributed by atoms with Crippen LogP contribution in [-0.2, 0) is 6.42 Å². The van der Waals surface area contributed by atoms with Crippen molar-refractivity contribution >= 4 is 23.1 Å². The monoisotopic (exact) mass is 316 g/mol. The van der Waals surface area contributed by atoms with Crippen molar-refractivity contribution in [3.8, 4) is 0 Å². The van der Waals surface area contributed by atoms with E-state index in [2.05, 4.69) is 52.5 Å². The fourth-order valence-corrected chi connectivity index (χ4v) is 3.16. The van der Waals surface area contributed by atoms with Crippen LogP contribution < -0.4 is 10.2 Å². The molecule has 0 saturated carbocycles. The third-order valence-electron chi connectivity index (χ3n) is 4.40. The SMILES string of the molecule is Cc1cc(N2CCc3ccccc32)nc(Nc2ccccc2C)n1. The number of benzene rings is 2. The molecule has 0 saturated heterocycles. The van der Waals surface area contributed by atoms with Crippen molar-refractivity contribution in [1.82, 2.24) is 9.97 Å². The van der Waals surface area contributed by atoms with E-state index in [0.29, 0.717) is 5.95 Å². The van der Waals surface area contributed by atoms with Gasteiger partial charge >= 0.3 is 0 Å². The lowest BCUT2D eigenvalue weighted by Gasteiger charge is -2.19. The topological polar surface area (TPSA) is 41.1 Å². The molecule has 0 spiro atoms. The molecule has 4 nitrogen and oxygen atoms in total. The van der Waals surface area contributed by atoms with E-state index in [1.165, 1.54) is 16.8 Å². The van der Waals surface area contributed by atoms with Crippen LogP contribution in [0.4, 0.5) is 23.1 Å². The highest BCUT2D eigenvalue weighted by Gasteiger charge is 2.21. The van der Waals surface area contributed by atoms with Gasteiger partial charge < -0.3 is 10.2 Å². The molecular formula is C20H20N4. The van der Waals surface area contributed by atoms with Crippen molar-refractivity contribution in [1.29, 1.82) is 0 Å². The van der Waals surface area contributed by atoms with Gasteiger partial charge in [0.15, 0.2) is 0 Å². The summed E-state index contributed by atoms with van der Waals surface area (Å²) in [6, 6.07) is 18.8. The van der Waals surface area contributed by atoms with Crippen molar-refractivity contribution < 1.29 is 0 Å². The Morgan fingerprint density at radius 3 is 2.62 bits per heavy atom. The minimum Gasteiger partial charge on any atom is -0.326 e. The summed E-state index contributed by atoms with van der Waals surface area (Å²) in [7, 11) is 0. The first-order valence-corrected chi connectivity index (χ1v) is 8.24. The van der Waals surface area contributed by atoms with Crippen molar-refractivity contribution in [2.45, 2.75) is 20.3 Å². The largest absolute Gasteiger partial charge is 0.326 e. The van der Waals surface area contributed by atoms with E-state index >= 15 is 0 Å². The Bertz CT molecular complexity index is 888. The number of hydrogen-bond acceptors (Lipinski definition) is 4. The molecule has 0 aliphatic carbocycles. The second-order valence-corrected chi connectivity index (χ2v) is 6.16. The van der Waals surface area contributed by atoms with Crippen LogP contribution in [0, 0.1) is 13.8 Å². The van der Waals surface area contributed by atoms with Gasteiger partial charge in [0.2, 0.25) is 5.95 Å². The van der Waals surface area contributed by atoms with Gasteiger partial charge in [-0.3, -0.25) is 0 Å². The van der Waals surface area contributed by atoms with E-state index in [-0.39, 0.29) is 0 Å². The van der Waals surface area contributed by atoms with Gasteiger partial charge in [0, 0.05) is 29.7 Å². The third kappa shape index (κ3) is 2.71. The van der Waals surface area contributed by atoms with Gasteiger partial charge in [0.25, 0.3) is 0 Å². The maximum absolute atomic E-state index is 4.75. The van der Waals surface area contributed by atoms with Crippen LogP contribution in [0.2, 0.25) is 0 Å². The molecule has 0 unspecified atom stereocenters. The van der Waals surface area contributed by atoms with Crippen molar-refractivity contribution in [3.05, 3.63) is 71.4 Å². The molecule has 2 aromatic carbocycles. The molecule has 3 aromatic rings. The molecule has 1 aliphatic rings. The summed E-state index contributed by atoms with van der Waals surface area (Å²) in [6.45, 7) is 5.05. The normalized spacial score (nSPS) is 13.0. The van der Waals surface area contributed by atoms with Gasteiger partial charge in [-0.05, 0) is 43.5 Å². The van der Waals surface area contributed by atoms with Crippen molar-refractivity contribution in [2.75, 3.05) is 16.8 Å². The molecule has 0 amide bonds. The zero-order chi connectivity index (χ0) is 16.5. The molecule has 0 fully saturated rings. The van der Waals surface area contributed by atoms with E-state index < -0.39 is 0 Å². The lowest BCUT2D eigenvalue weighted by Crippen LogP contribution is -2.16. The number of hydrogen-bond donors (Lipinski definition) is 1. The summed E-state index contributed by atoms with van der Waals surface area (Å²) in [5.41, 5.74) is 5.80. The third-order valence-corrected chi connectivity index (χ3v) is 4.40. The van der Waals surface area contributed by atoms with Gasteiger partial charge in [-0.25, -0.2) is 4.98 Å². The van der Waals surface area contributed by atoms with Crippen LogP contribution in [-0.4, -0.2) is 16.5 Å². The van der Waals surface area contributed by atoms with Crippen LogP contribution in [0.15, 0.2) is 54.6 Å². The summed E-state index contributed by atoms with van der Waals surface area (Å²) in [4.78, 5) is 11.6. The molecule has 2 heterocycles. The number of fused-ring (bicyclic) bond motifs is 1. The predicted octanol–water partition coefficient (Wildman–Crippen LogP) is 4.53. The maximum Gasteiger partial charge on any atom is 0.229 e. The second kappa shape index (κ2) is 5.96. The Hall–Kier alpha value is -2.88. The number of anilines is 4. The Labute approximate surface area is 142 Å². The van der Waals surface area contributed by atoms with E-state index in [1.54, 1.807) is 0 Å². The molecular weight excluding hydrogens is 296 g/mol. The van der Waals surface area contributed by atoms with E-state index in [0.717, 1.165) is 30.2 Å². The Balaban J connectivity index is 1.69. The summed E-state index contributed by atoms with van der Waals surface area (Å²) in [5.74, 6) is 1.59. The lowest BCUT2D eigenvalue weighted by atomic mass is 10.2. The van der Waals surface area contributed by atoms with Gasteiger partial charge in [-0.1, -0.05) is 36.4 Å². The molecule has 0 atom stereocenters. The second-order valence-electron chi connectivity index (χ2n) is 6.16. The maximum atomic E-state index is 4.75. The number of aryl methyl sites for hydroxylation is 2. The molecule has 1 N–H and O–H groups in total. The Morgan fingerprint density at radius 2 is 1.75 bits per heavy atom. The zero-order valence-electron chi connectivity index (χ0n) is 14.0. The highest BCUT2D eigenvalue weighted by Crippen LogP contribution is 2.34. The van der Waals surface area contributed by atoms with Crippen LogP contribution in [0.25, 0.3) is 0 Å². The molecule has 4 rings (SSSR count). The molecule has 4 heteroatoms. The minimum absolute atomic E-state index is 0.642. The zero-order valence-corrected chi connectivity index (χ0v) is 14.0. The number of nitrogens with zero attached hydrogens (tertiary/aromatic N) is 3. The van der Waals surface area contributed by atoms with Crippen LogP contribution in [0.3, 0.4) is 0 Å². The van der Waals surface area contributed by atoms with E-state index in [9.17, 15) is 0 Å². The molecule has 1 aromatic heterocycles. The first kappa shape index (κ1) is 14.7. The van der Waals surface area contributed by atoms with E-state index in [1.807, 2.05) is 31.2 Å². The van der Waals surface area contributed by atoms with Gasteiger partial charge in [0.05, 0.1) is 0 Å². The standard InChI is InChI=1S/C20H20N4/c1-14-7-3-5-9-17(14)22-20-21-15(2)13-19(23-20)24-12-11-16-8-4-6-10-18(16)24/h3-10,13H,11-12H2,1-2H3,(H,21,22,23). The molecule has 0 radical (unpaired) electrons. The molecule has 0 bridgehead atoms. The number of aromatic nitrogens is 2. The average Bonchev–Trinajstić information content (AvgIpc) is 3.01. The number of para-hydroxylation sites is 2. The lowest BCUT2D eigenvalue weighted by molar-refractivity contribution is 0.959. The first-order chi connectivity index (χ1) is 11.7. The van der Waals surface area contributed by atoms with Crippen LogP contribution in [0.1, 0.15) is 16.8 Å². The summed E-state index contributed by atoms with van der Waals surface area (Å²) in [5, 5.41) is 3.35. The molecule has 24 heavy (non-hydrogen) atoms. The number of rotatable bonds is 3. The summed E-state index contributed by atoms with van der Waals surface area (Å²) < 4.78 is 0. The Morgan fingerprint density at radius 1 is 0.958 bits per heavy atom. The van der Waals surface area contributed by atoms with Gasteiger partial charge in [-0.15, -0.1) is 0 Å². The van der Waals surface area contributed by atoms with Crippen molar-refractivity contribution in [3.63, 3.8) is 0 Å². The molecule has 1 aliphatic heterocycles. The average molecular weight is 316 g/mol. The van der Waals surface area contributed by atoms with E-state index in [4.69, 9.17) is 4.98 Å². The fourth-order valence-electron chi connectivity index (χ4n) is 3.16. The smallest absolute Gasteiger partial charge is 0.229 e. The Kier molecular flexibility index (Phi) is 3.65. The minimum atomic E-state index is 0.642. The fraction of sp³-hybridized carbons (Fsp3) is 0.200. The molecule has 120 valence electrons. The summed E-state index contributed by atoms with van der Waals surface area (Å²) in [6.07, 6.45) is 1.06. The van der Waals surface area contributed by atoms with Gasteiger partial charge in [-0.2, -0.15) is 4.98 Å². The van der Waals surface area contributed by atoms with Crippen molar-refractivity contribution in [2.24, 2.45) is 0 Å². The van der Waals surface area contributed by atoms with Crippen LogP contribution >= 0.6 is 0 Å². The summed E-state index contributed by atoms with van der Waals surface area (Å²) >= 11 is 0. The number of nitrogens with one attached hydrogen (secondary N) is 1. The highest BCUT2D eigenvalue weighted by molar-refractivity contribution is 5.69. The highest BCUT2D eigenvalue weighted by atomic mass is 15.2. The van der Waals surface area contributed by atoms with Gasteiger partial charge in [0.1, 0.15) is 5.82 Å².